The molecule has 0 aliphatic heterocycles. The molecule has 0 aliphatic carbocycles. The minimum Gasteiger partial charge on any atom is -0.469 e. The molecule has 1 nitrogen and oxygen atoms in total. The fraction of sp³-hybridized carbons (Fsp3) is 0.333. The first-order chi connectivity index (χ1) is 4.52. The number of hydrogen-bond donors (Lipinski definition) is 0. The van der Waals surface area contributed by atoms with Crippen molar-refractivity contribution in [2.75, 3.05) is 0 Å². The lowest BCUT2D eigenvalue weighted by Gasteiger charge is -1.79. The van der Waals surface area contributed by atoms with Gasteiger partial charge in [0.1, 0.15) is 5.76 Å². The SMILES string of the molecule is [2H]C([2H])([2H])c1occc1C. The third kappa shape index (κ3) is 0.660. The molecule has 0 spiro atoms. The Morgan fingerprint density at radius 1 is 1.86 bits per heavy atom. The Labute approximate surface area is 47.2 Å². The van der Waals surface area contributed by atoms with Gasteiger partial charge < -0.3 is 4.42 Å². The molecule has 1 aromatic rings. The first kappa shape index (κ1) is 2.03. The van der Waals surface area contributed by atoms with Crippen LogP contribution in [0.3, 0.4) is 0 Å². The molecule has 0 saturated carbocycles. The van der Waals surface area contributed by atoms with Crippen LogP contribution < -0.4 is 0 Å². The van der Waals surface area contributed by atoms with Crippen LogP contribution in [0.15, 0.2) is 16.7 Å². The van der Waals surface area contributed by atoms with Crippen molar-refractivity contribution in [1.82, 2.24) is 0 Å². The van der Waals surface area contributed by atoms with Crippen molar-refractivity contribution in [3.05, 3.63) is 23.7 Å². The molecule has 0 saturated heterocycles. The van der Waals surface area contributed by atoms with Crippen LogP contribution in [0.2, 0.25) is 0 Å². The highest BCUT2D eigenvalue weighted by Gasteiger charge is 1.88. The van der Waals surface area contributed by atoms with E-state index >= 15 is 0 Å². The van der Waals surface area contributed by atoms with E-state index in [1.807, 2.05) is 0 Å². The molecule has 1 rings (SSSR count). The van der Waals surface area contributed by atoms with Gasteiger partial charge in [0.25, 0.3) is 0 Å². The zero-order valence-electron chi connectivity index (χ0n) is 7.06. The van der Waals surface area contributed by atoms with Crippen molar-refractivity contribution >= 4 is 0 Å². The summed E-state index contributed by atoms with van der Waals surface area (Å²) in [5, 5.41) is 0. The summed E-state index contributed by atoms with van der Waals surface area (Å²) in [6, 6.07) is 1.64. The van der Waals surface area contributed by atoms with Crippen LogP contribution in [-0.2, 0) is 0 Å². The molecule has 0 unspecified atom stereocenters. The second-order valence-electron chi connectivity index (χ2n) is 1.43. The maximum atomic E-state index is 6.97. The topological polar surface area (TPSA) is 13.1 Å². The van der Waals surface area contributed by atoms with Crippen LogP contribution in [0, 0.1) is 13.8 Å². The van der Waals surface area contributed by atoms with Gasteiger partial charge in [-0.05, 0) is 25.4 Å². The number of aryl methyl sites for hydroxylation is 2. The highest BCUT2D eigenvalue weighted by molar-refractivity contribution is 5.11. The number of furan rings is 1. The molecule has 0 N–H and O–H groups in total. The van der Waals surface area contributed by atoms with Crippen LogP contribution in [0.1, 0.15) is 15.4 Å². The predicted molar refractivity (Wildman–Crippen MR) is 28.2 cm³/mol. The van der Waals surface area contributed by atoms with Gasteiger partial charge in [0.05, 0.1) is 6.26 Å². The lowest BCUT2D eigenvalue weighted by molar-refractivity contribution is 0.532. The van der Waals surface area contributed by atoms with E-state index in [4.69, 9.17) is 8.53 Å². The fourth-order valence-electron chi connectivity index (χ4n) is 0.373. The maximum absolute atomic E-state index is 6.97. The van der Waals surface area contributed by atoms with E-state index < -0.39 is 6.85 Å². The van der Waals surface area contributed by atoms with E-state index in [-0.39, 0.29) is 5.76 Å². The van der Waals surface area contributed by atoms with Crippen molar-refractivity contribution in [3.63, 3.8) is 0 Å². The summed E-state index contributed by atoms with van der Waals surface area (Å²) in [5.74, 6) is 0.0903. The summed E-state index contributed by atoms with van der Waals surface area (Å²) in [7, 11) is 0. The second kappa shape index (κ2) is 1.41. The summed E-state index contributed by atoms with van der Waals surface area (Å²) in [6.07, 6.45) is 1.39. The lowest BCUT2D eigenvalue weighted by atomic mass is 10.3. The second-order valence-corrected chi connectivity index (χ2v) is 1.43. The normalized spacial score (nSPS) is 17.6. The molecule has 1 aromatic heterocycles. The molecule has 1 heterocycles. The van der Waals surface area contributed by atoms with Crippen molar-refractivity contribution in [1.29, 1.82) is 0 Å². The van der Waals surface area contributed by atoms with E-state index in [0.717, 1.165) is 0 Å². The van der Waals surface area contributed by atoms with Gasteiger partial charge in [-0.1, -0.05) is 0 Å². The molecule has 0 bridgehead atoms. The van der Waals surface area contributed by atoms with Crippen molar-refractivity contribution < 1.29 is 8.53 Å². The Balaban J connectivity index is 3.05. The van der Waals surface area contributed by atoms with E-state index in [0.29, 0.717) is 5.56 Å². The zero-order valence-corrected chi connectivity index (χ0v) is 4.06. The highest BCUT2D eigenvalue weighted by atomic mass is 16.3. The largest absolute Gasteiger partial charge is 0.469 e. The first-order valence-corrected chi connectivity index (χ1v) is 2.06. The molecular formula is C6H8O. The molecule has 0 aromatic carbocycles. The van der Waals surface area contributed by atoms with Crippen LogP contribution in [0.25, 0.3) is 0 Å². The zero-order chi connectivity index (χ0) is 7.78. The smallest absolute Gasteiger partial charge is 0.103 e. The van der Waals surface area contributed by atoms with Gasteiger partial charge in [-0.25, -0.2) is 0 Å². The van der Waals surface area contributed by atoms with Gasteiger partial charge in [0, 0.05) is 4.11 Å². The van der Waals surface area contributed by atoms with E-state index in [1.165, 1.54) is 6.26 Å². The first-order valence-electron chi connectivity index (χ1n) is 3.56. The average Bonchev–Trinajstić information content (AvgIpc) is 2.11. The van der Waals surface area contributed by atoms with E-state index in [9.17, 15) is 0 Å². The molecule has 0 atom stereocenters. The molecule has 38 valence electrons. The Bertz CT molecular complexity index is 223. The monoisotopic (exact) mass is 99.1 g/mol. The van der Waals surface area contributed by atoms with Crippen LogP contribution >= 0.6 is 0 Å². The summed E-state index contributed by atoms with van der Waals surface area (Å²) in [6.45, 7) is -0.390. The molecule has 0 fully saturated rings. The minimum absolute atomic E-state index is 0.0903. The standard InChI is InChI=1S/C6H8O/c1-5-3-4-7-6(5)2/h3-4H,1-2H3/i2D3. The van der Waals surface area contributed by atoms with Gasteiger partial charge in [0.15, 0.2) is 0 Å². The molecular weight excluding hydrogens is 88.1 g/mol. The van der Waals surface area contributed by atoms with E-state index in [1.54, 1.807) is 13.0 Å². The summed E-state index contributed by atoms with van der Waals surface area (Å²) >= 11 is 0. The van der Waals surface area contributed by atoms with Crippen LogP contribution in [-0.4, -0.2) is 0 Å². The molecule has 0 radical (unpaired) electrons. The van der Waals surface area contributed by atoms with Crippen molar-refractivity contribution in [2.45, 2.75) is 13.8 Å². The quantitative estimate of drug-likeness (QED) is 0.484. The van der Waals surface area contributed by atoms with E-state index in [2.05, 4.69) is 0 Å². The number of hydrogen-bond acceptors (Lipinski definition) is 1. The Morgan fingerprint density at radius 3 is 3.00 bits per heavy atom. The predicted octanol–water partition coefficient (Wildman–Crippen LogP) is 1.90. The lowest BCUT2D eigenvalue weighted by Crippen LogP contribution is -1.63. The third-order valence-electron chi connectivity index (χ3n) is 0.862. The van der Waals surface area contributed by atoms with Crippen molar-refractivity contribution in [2.24, 2.45) is 0 Å². The molecule has 0 aliphatic rings. The van der Waals surface area contributed by atoms with Crippen LogP contribution in [0.4, 0.5) is 0 Å². The van der Waals surface area contributed by atoms with Gasteiger partial charge in [0.2, 0.25) is 0 Å². The summed E-state index contributed by atoms with van der Waals surface area (Å²) in [5.41, 5.74) is 0.681. The molecule has 7 heavy (non-hydrogen) atoms. The number of rotatable bonds is 0. The summed E-state index contributed by atoms with van der Waals surface area (Å²) in [4.78, 5) is 0. The van der Waals surface area contributed by atoms with Gasteiger partial charge in [-0.15, -0.1) is 0 Å². The van der Waals surface area contributed by atoms with Crippen LogP contribution in [0.5, 0.6) is 0 Å². The Hall–Kier alpha value is -0.720. The fourth-order valence-corrected chi connectivity index (χ4v) is 0.373. The maximum Gasteiger partial charge on any atom is 0.103 e. The highest BCUT2D eigenvalue weighted by Crippen LogP contribution is 2.04. The minimum atomic E-state index is -2.10. The van der Waals surface area contributed by atoms with Gasteiger partial charge in [-0.3, -0.25) is 0 Å². The van der Waals surface area contributed by atoms with Gasteiger partial charge >= 0.3 is 0 Å². The Kier molecular flexibility index (Phi) is 0.410. The Morgan fingerprint density at radius 2 is 2.71 bits per heavy atom. The molecule has 0 amide bonds. The summed E-state index contributed by atoms with van der Waals surface area (Å²) < 4.78 is 25.7. The van der Waals surface area contributed by atoms with Gasteiger partial charge in [-0.2, -0.15) is 0 Å². The van der Waals surface area contributed by atoms with Crippen molar-refractivity contribution in [3.8, 4) is 0 Å². The average molecular weight is 99.1 g/mol. The third-order valence-corrected chi connectivity index (χ3v) is 0.862. The molecule has 1 heteroatoms.